The fourth-order valence-electron chi connectivity index (χ4n) is 2.84. The minimum Gasteiger partial charge on any atom is -0.506 e. The second-order valence-corrected chi connectivity index (χ2v) is 8.43. The van der Waals surface area contributed by atoms with Gasteiger partial charge in [-0.2, -0.15) is 0 Å². The van der Waals surface area contributed by atoms with Crippen LogP contribution in [0.15, 0.2) is 35.5 Å². The van der Waals surface area contributed by atoms with Gasteiger partial charge in [0.25, 0.3) is 0 Å². The number of aromatic hydroxyl groups is 1. The van der Waals surface area contributed by atoms with Gasteiger partial charge in [-0.05, 0) is 45.4 Å². The third kappa shape index (κ3) is 5.34. The number of pyridine rings is 1. The Morgan fingerprint density at radius 2 is 1.77 bits per heavy atom. The number of benzene rings is 1. The molecule has 0 amide bonds. The molecule has 0 spiro atoms. The predicted molar refractivity (Wildman–Crippen MR) is 106 cm³/mol. The van der Waals surface area contributed by atoms with Gasteiger partial charge in [0.2, 0.25) is 0 Å². The molecule has 2 rings (SSSR count). The number of hydrogen-bond donors (Lipinski definition) is 1. The molecule has 0 saturated carbocycles. The Morgan fingerprint density at radius 1 is 1.08 bits per heavy atom. The number of fused-ring (bicyclic) bond motifs is 1. The van der Waals surface area contributed by atoms with Gasteiger partial charge < -0.3 is 18.4 Å². The van der Waals surface area contributed by atoms with E-state index in [1.165, 1.54) is 0 Å². The lowest BCUT2D eigenvalue weighted by Gasteiger charge is -2.28. The molecule has 2 aromatic rings. The van der Waals surface area contributed by atoms with Crippen LogP contribution in [-0.2, 0) is 13.3 Å². The van der Waals surface area contributed by atoms with E-state index in [2.05, 4.69) is 9.98 Å². The van der Waals surface area contributed by atoms with Crippen LogP contribution >= 0.6 is 0 Å². The van der Waals surface area contributed by atoms with Crippen molar-refractivity contribution in [1.29, 1.82) is 0 Å². The molecular weight excluding hydrogens is 348 g/mol. The first kappa shape index (κ1) is 20.5. The van der Waals surface area contributed by atoms with Gasteiger partial charge in [-0.3, -0.25) is 9.98 Å². The highest BCUT2D eigenvalue weighted by molar-refractivity contribution is 6.60. The smallest absolute Gasteiger partial charge is 0.500 e. The maximum absolute atomic E-state index is 9.90. The standard InChI is InChI=1S/C19H28N2O4Si/c1-4-23-26(24-5-2,25-6-3)14-8-12-20-15-16-10-11-18(22)19-17(16)9-7-13-21-19/h7,9-11,13,15,22H,4-6,8,12,14H2,1-3H3. The number of aromatic nitrogens is 1. The van der Waals surface area contributed by atoms with Crippen LogP contribution in [0.3, 0.4) is 0 Å². The van der Waals surface area contributed by atoms with E-state index in [1.807, 2.05) is 45.2 Å². The molecule has 0 saturated heterocycles. The first-order valence-electron chi connectivity index (χ1n) is 9.14. The van der Waals surface area contributed by atoms with Crippen molar-refractivity contribution in [2.75, 3.05) is 26.4 Å². The maximum Gasteiger partial charge on any atom is 0.500 e. The molecule has 1 aromatic carbocycles. The number of hydrogen-bond acceptors (Lipinski definition) is 6. The molecule has 0 aliphatic heterocycles. The van der Waals surface area contributed by atoms with Crippen molar-refractivity contribution >= 4 is 25.9 Å². The Kier molecular flexibility index (Phi) is 8.18. The Bertz CT molecular complexity index is 707. The lowest BCUT2D eigenvalue weighted by molar-refractivity contribution is 0.0710. The van der Waals surface area contributed by atoms with Crippen LogP contribution in [0.4, 0.5) is 0 Å². The molecule has 0 fully saturated rings. The van der Waals surface area contributed by atoms with Gasteiger partial charge in [0.05, 0.1) is 0 Å². The maximum atomic E-state index is 9.90. The molecular formula is C19H28N2O4Si. The summed E-state index contributed by atoms with van der Waals surface area (Å²) in [5.41, 5.74) is 1.53. The van der Waals surface area contributed by atoms with Crippen molar-refractivity contribution in [3.05, 3.63) is 36.0 Å². The van der Waals surface area contributed by atoms with Gasteiger partial charge in [0.1, 0.15) is 11.3 Å². The number of nitrogens with zero attached hydrogens (tertiary/aromatic N) is 2. The summed E-state index contributed by atoms with van der Waals surface area (Å²) in [5.74, 6) is 0.179. The van der Waals surface area contributed by atoms with Crippen LogP contribution in [0.1, 0.15) is 32.8 Å². The van der Waals surface area contributed by atoms with E-state index >= 15 is 0 Å². The molecule has 7 heteroatoms. The van der Waals surface area contributed by atoms with Crippen LogP contribution < -0.4 is 0 Å². The van der Waals surface area contributed by atoms with E-state index < -0.39 is 8.80 Å². The number of phenolic OH excluding ortho intramolecular Hbond substituents is 1. The molecule has 1 N–H and O–H groups in total. The second-order valence-electron chi connectivity index (χ2n) is 5.69. The van der Waals surface area contributed by atoms with Crippen LogP contribution in [0.5, 0.6) is 5.75 Å². The van der Waals surface area contributed by atoms with Crippen molar-refractivity contribution in [3.63, 3.8) is 0 Å². The van der Waals surface area contributed by atoms with Crippen molar-refractivity contribution < 1.29 is 18.4 Å². The van der Waals surface area contributed by atoms with E-state index in [0.29, 0.717) is 31.9 Å². The molecule has 0 radical (unpaired) electrons. The van der Waals surface area contributed by atoms with Gasteiger partial charge in [0.15, 0.2) is 0 Å². The summed E-state index contributed by atoms with van der Waals surface area (Å²) in [6, 6.07) is 8.03. The topological polar surface area (TPSA) is 73.2 Å². The highest BCUT2D eigenvalue weighted by Crippen LogP contribution is 2.24. The molecule has 26 heavy (non-hydrogen) atoms. The summed E-state index contributed by atoms with van der Waals surface area (Å²) in [7, 11) is -2.59. The third-order valence-electron chi connectivity index (χ3n) is 3.88. The van der Waals surface area contributed by atoms with Crippen LogP contribution in [0, 0.1) is 0 Å². The molecule has 142 valence electrons. The third-order valence-corrected chi connectivity index (χ3v) is 7.03. The zero-order valence-corrected chi connectivity index (χ0v) is 16.8. The first-order valence-corrected chi connectivity index (χ1v) is 11.1. The first-order chi connectivity index (χ1) is 12.7. The van der Waals surface area contributed by atoms with Gasteiger partial charge in [0, 0.05) is 55.8 Å². The molecule has 0 bridgehead atoms. The van der Waals surface area contributed by atoms with Crippen molar-refractivity contribution in [2.45, 2.75) is 33.2 Å². The van der Waals surface area contributed by atoms with E-state index in [4.69, 9.17) is 13.3 Å². The fourth-order valence-corrected chi connectivity index (χ4v) is 5.44. The SMILES string of the molecule is CCO[Si](CCCN=Cc1ccc(O)c2ncccc12)(OCC)OCC. The normalized spacial score (nSPS) is 12.3. The minimum absolute atomic E-state index is 0.179. The van der Waals surface area contributed by atoms with Gasteiger partial charge in [-0.1, -0.05) is 6.07 Å². The Morgan fingerprint density at radius 3 is 2.42 bits per heavy atom. The molecule has 0 unspecified atom stereocenters. The lowest BCUT2D eigenvalue weighted by Crippen LogP contribution is -2.46. The quantitative estimate of drug-likeness (QED) is 0.367. The monoisotopic (exact) mass is 376 g/mol. The van der Waals surface area contributed by atoms with Crippen molar-refractivity contribution in [3.8, 4) is 5.75 Å². The fraction of sp³-hybridized carbons (Fsp3) is 0.474. The van der Waals surface area contributed by atoms with E-state index in [0.717, 1.165) is 23.4 Å². The van der Waals surface area contributed by atoms with Gasteiger partial charge in [-0.15, -0.1) is 0 Å². The Hall–Kier alpha value is -1.80. The highest BCUT2D eigenvalue weighted by Gasteiger charge is 2.39. The van der Waals surface area contributed by atoms with E-state index in [-0.39, 0.29) is 5.75 Å². The minimum atomic E-state index is -2.59. The zero-order chi connectivity index (χ0) is 18.8. The van der Waals surface area contributed by atoms with Crippen molar-refractivity contribution in [1.82, 2.24) is 4.98 Å². The summed E-state index contributed by atoms with van der Waals surface area (Å²) < 4.78 is 17.6. The summed E-state index contributed by atoms with van der Waals surface area (Å²) in [6.07, 6.45) is 4.33. The highest BCUT2D eigenvalue weighted by atomic mass is 28.4. The molecule has 0 aliphatic rings. The summed E-state index contributed by atoms with van der Waals surface area (Å²) in [5, 5.41) is 10.8. The molecule has 1 heterocycles. The number of aliphatic imine (C=N–C) groups is 1. The average Bonchev–Trinajstić information content (AvgIpc) is 2.64. The van der Waals surface area contributed by atoms with E-state index in [9.17, 15) is 5.11 Å². The Labute approximate surface area is 156 Å². The van der Waals surface area contributed by atoms with Crippen molar-refractivity contribution in [2.24, 2.45) is 4.99 Å². The predicted octanol–water partition coefficient (Wildman–Crippen LogP) is 3.80. The average molecular weight is 377 g/mol. The van der Waals surface area contributed by atoms with Crippen LogP contribution in [0.2, 0.25) is 6.04 Å². The zero-order valence-electron chi connectivity index (χ0n) is 15.8. The lowest BCUT2D eigenvalue weighted by atomic mass is 10.1. The van der Waals surface area contributed by atoms with Crippen LogP contribution in [0.25, 0.3) is 10.9 Å². The van der Waals surface area contributed by atoms with E-state index in [1.54, 1.807) is 12.3 Å². The molecule has 0 atom stereocenters. The molecule has 0 aliphatic carbocycles. The molecule has 1 aromatic heterocycles. The largest absolute Gasteiger partial charge is 0.506 e. The Balaban J connectivity index is 1.99. The van der Waals surface area contributed by atoms with Crippen LogP contribution in [-0.4, -0.2) is 51.5 Å². The number of rotatable bonds is 11. The van der Waals surface area contributed by atoms with Gasteiger partial charge >= 0.3 is 8.80 Å². The summed E-state index contributed by atoms with van der Waals surface area (Å²) in [6.45, 7) is 8.29. The number of phenols is 1. The summed E-state index contributed by atoms with van der Waals surface area (Å²) in [4.78, 5) is 8.75. The summed E-state index contributed by atoms with van der Waals surface area (Å²) >= 11 is 0. The molecule has 6 nitrogen and oxygen atoms in total. The second kappa shape index (κ2) is 10.4. The van der Waals surface area contributed by atoms with Gasteiger partial charge in [-0.25, -0.2) is 0 Å².